The Morgan fingerprint density at radius 3 is 2.89 bits per heavy atom. The second-order valence-electron chi connectivity index (χ2n) is 5.73. The minimum Gasteiger partial charge on any atom is -0.333 e. The van der Waals surface area contributed by atoms with Crippen molar-refractivity contribution in [2.75, 3.05) is 6.54 Å². The molecule has 1 fully saturated rings. The maximum atomic E-state index is 11.9. The van der Waals surface area contributed by atoms with E-state index in [1.54, 1.807) is 11.3 Å². The van der Waals surface area contributed by atoms with Crippen LogP contribution in [-0.4, -0.2) is 17.4 Å². The molecule has 2 nitrogen and oxygen atoms in total. The number of nitrogens with zero attached hydrogens (tertiary/aromatic N) is 1. The first-order valence-electron chi connectivity index (χ1n) is 7.27. The average Bonchev–Trinajstić information content (AvgIpc) is 2.94. The Kier molecular flexibility index (Phi) is 3.74. The van der Waals surface area contributed by atoms with Crippen molar-refractivity contribution in [3.8, 4) is 0 Å². The largest absolute Gasteiger partial charge is 0.333 e. The molecule has 3 rings (SSSR count). The number of rotatable bonds is 2. The minimum atomic E-state index is 0.0832. The van der Waals surface area contributed by atoms with Crippen LogP contribution in [0.2, 0.25) is 0 Å². The Labute approximate surface area is 119 Å². The zero-order valence-corrected chi connectivity index (χ0v) is 12.1. The van der Waals surface area contributed by atoms with E-state index in [-0.39, 0.29) is 5.91 Å². The van der Waals surface area contributed by atoms with Crippen LogP contribution in [0, 0.1) is 5.92 Å². The van der Waals surface area contributed by atoms with Crippen LogP contribution in [0.25, 0.3) is 0 Å². The summed E-state index contributed by atoms with van der Waals surface area (Å²) in [6.07, 6.45) is 8.21. The molecule has 0 spiro atoms. The Morgan fingerprint density at radius 2 is 2.16 bits per heavy atom. The van der Waals surface area contributed by atoms with Crippen LogP contribution >= 0.6 is 11.3 Å². The molecule has 1 amide bonds. The SMILES string of the molecule is C=CC(=O)N1Cc2sccc2C(C2CCCCC2)C1. The molecule has 0 saturated heterocycles. The van der Waals surface area contributed by atoms with Gasteiger partial charge in [-0.3, -0.25) is 4.79 Å². The Morgan fingerprint density at radius 1 is 1.37 bits per heavy atom. The highest BCUT2D eigenvalue weighted by Gasteiger charge is 2.33. The molecule has 1 aliphatic carbocycles. The molecule has 1 unspecified atom stereocenters. The van der Waals surface area contributed by atoms with Gasteiger partial charge in [0.15, 0.2) is 0 Å². The number of amides is 1. The van der Waals surface area contributed by atoms with Crippen molar-refractivity contribution in [3.05, 3.63) is 34.5 Å². The summed E-state index contributed by atoms with van der Waals surface area (Å²) >= 11 is 1.80. The van der Waals surface area contributed by atoms with Crippen LogP contribution in [0.5, 0.6) is 0 Å². The molecule has 0 radical (unpaired) electrons. The van der Waals surface area contributed by atoms with Crippen molar-refractivity contribution in [3.63, 3.8) is 0 Å². The monoisotopic (exact) mass is 275 g/mol. The predicted molar refractivity (Wildman–Crippen MR) is 79.2 cm³/mol. The number of hydrogen-bond acceptors (Lipinski definition) is 2. The lowest BCUT2D eigenvalue weighted by Gasteiger charge is -2.38. The Balaban J connectivity index is 1.85. The third-order valence-corrected chi connectivity index (χ3v) is 5.56. The molecule has 0 bridgehead atoms. The van der Waals surface area contributed by atoms with Gasteiger partial charge >= 0.3 is 0 Å². The van der Waals surface area contributed by atoms with Gasteiger partial charge in [-0.05, 0) is 41.8 Å². The second kappa shape index (κ2) is 5.49. The van der Waals surface area contributed by atoms with E-state index in [0.29, 0.717) is 5.92 Å². The fourth-order valence-electron chi connectivity index (χ4n) is 3.62. The summed E-state index contributed by atoms with van der Waals surface area (Å²) in [5, 5.41) is 2.18. The van der Waals surface area contributed by atoms with Crippen LogP contribution in [0.4, 0.5) is 0 Å². The molecule has 2 aliphatic rings. The first-order chi connectivity index (χ1) is 9.29. The molecule has 0 N–H and O–H groups in total. The maximum absolute atomic E-state index is 11.9. The molecule has 102 valence electrons. The summed E-state index contributed by atoms with van der Waals surface area (Å²) in [6.45, 7) is 5.30. The highest BCUT2D eigenvalue weighted by molar-refractivity contribution is 7.10. The highest BCUT2D eigenvalue weighted by atomic mass is 32.1. The lowest BCUT2D eigenvalue weighted by Crippen LogP contribution is -2.39. The van der Waals surface area contributed by atoms with Crippen LogP contribution in [0.3, 0.4) is 0 Å². The van der Waals surface area contributed by atoms with Gasteiger partial charge in [0.05, 0.1) is 6.54 Å². The van der Waals surface area contributed by atoms with Crippen molar-refractivity contribution >= 4 is 17.2 Å². The zero-order valence-electron chi connectivity index (χ0n) is 11.3. The lowest BCUT2D eigenvalue weighted by atomic mass is 9.75. The molecular formula is C16H21NOS. The van der Waals surface area contributed by atoms with E-state index < -0.39 is 0 Å². The Hall–Kier alpha value is -1.09. The third-order valence-electron chi connectivity index (χ3n) is 4.64. The molecule has 1 aromatic rings. The fourth-order valence-corrected chi connectivity index (χ4v) is 4.58. The van der Waals surface area contributed by atoms with Crippen LogP contribution in [-0.2, 0) is 11.3 Å². The van der Waals surface area contributed by atoms with Crippen molar-refractivity contribution in [1.82, 2.24) is 4.90 Å². The van der Waals surface area contributed by atoms with E-state index in [1.165, 1.54) is 48.6 Å². The van der Waals surface area contributed by atoms with Gasteiger partial charge in [-0.15, -0.1) is 11.3 Å². The van der Waals surface area contributed by atoms with Gasteiger partial charge in [0.1, 0.15) is 0 Å². The molecule has 0 aromatic carbocycles. The van der Waals surface area contributed by atoms with Crippen molar-refractivity contribution in [2.24, 2.45) is 5.92 Å². The summed E-state index contributed by atoms with van der Waals surface area (Å²) in [5.41, 5.74) is 1.52. The van der Waals surface area contributed by atoms with Crippen molar-refractivity contribution < 1.29 is 4.79 Å². The predicted octanol–water partition coefficient (Wildman–Crippen LogP) is 3.94. The van der Waals surface area contributed by atoms with E-state index in [0.717, 1.165) is 19.0 Å². The van der Waals surface area contributed by atoms with E-state index in [9.17, 15) is 4.79 Å². The van der Waals surface area contributed by atoms with Gasteiger partial charge in [0.25, 0.3) is 0 Å². The molecule has 3 heteroatoms. The third kappa shape index (κ3) is 2.48. The molecular weight excluding hydrogens is 254 g/mol. The molecule has 19 heavy (non-hydrogen) atoms. The van der Waals surface area contributed by atoms with Gasteiger partial charge < -0.3 is 4.90 Å². The highest BCUT2D eigenvalue weighted by Crippen LogP contribution is 2.42. The number of thiophene rings is 1. The summed E-state index contributed by atoms with van der Waals surface area (Å²) in [4.78, 5) is 15.3. The maximum Gasteiger partial charge on any atom is 0.246 e. The molecule has 1 atom stereocenters. The summed E-state index contributed by atoms with van der Waals surface area (Å²) < 4.78 is 0. The molecule has 1 aromatic heterocycles. The lowest BCUT2D eigenvalue weighted by molar-refractivity contribution is -0.127. The fraction of sp³-hybridized carbons (Fsp3) is 0.562. The Bertz CT molecular complexity index is 473. The van der Waals surface area contributed by atoms with E-state index in [2.05, 4.69) is 18.0 Å². The summed E-state index contributed by atoms with van der Waals surface area (Å²) in [5.74, 6) is 1.40. The van der Waals surface area contributed by atoms with Gasteiger partial charge in [-0.1, -0.05) is 25.8 Å². The van der Waals surface area contributed by atoms with E-state index in [4.69, 9.17) is 0 Å². The smallest absolute Gasteiger partial charge is 0.246 e. The molecule has 1 saturated carbocycles. The number of carbonyl (C=O) groups is 1. The van der Waals surface area contributed by atoms with Gasteiger partial charge in [-0.25, -0.2) is 0 Å². The quantitative estimate of drug-likeness (QED) is 0.749. The summed E-state index contributed by atoms with van der Waals surface area (Å²) in [7, 11) is 0. The van der Waals surface area contributed by atoms with Crippen LogP contribution in [0.1, 0.15) is 48.5 Å². The van der Waals surface area contributed by atoms with Gasteiger partial charge in [-0.2, -0.15) is 0 Å². The number of carbonyl (C=O) groups excluding carboxylic acids is 1. The van der Waals surface area contributed by atoms with Crippen LogP contribution in [0.15, 0.2) is 24.1 Å². The summed E-state index contributed by atoms with van der Waals surface area (Å²) in [6, 6.07) is 2.29. The zero-order chi connectivity index (χ0) is 13.2. The number of fused-ring (bicyclic) bond motifs is 1. The van der Waals surface area contributed by atoms with Crippen molar-refractivity contribution in [2.45, 2.75) is 44.6 Å². The normalized spacial score (nSPS) is 24.0. The molecule has 1 aliphatic heterocycles. The number of hydrogen-bond donors (Lipinski definition) is 0. The standard InChI is InChI=1S/C16H21NOS/c1-2-16(18)17-10-14(12-6-4-3-5-7-12)13-8-9-19-15(13)11-17/h2,8-9,12,14H,1,3-7,10-11H2. The van der Waals surface area contributed by atoms with Crippen LogP contribution < -0.4 is 0 Å². The minimum absolute atomic E-state index is 0.0832. The average molecular weight is 275 g/mol. The van der Waals surface area contributed by atoms with E-state index in [1.807, 2.05) is 4.90 Å². The first-order valence-corrected chi connectivity index (χ1v) is 8.15. The van der Waals surface area contributed by atoms with E-state index >= 15 is 0 Å². The van der Waals surface area contributed by atoms with Gasteiger partial charge in [0.2, 0.25) is 5.91 Å². The first kappa shape index (κ1) is 12.9. The molecule has 2 heterocycles. The second-order valence-corrected chi connectivity index (χ2v) is 6.73. The van der Waals surface area contributed by atoms with Gasteiger partial charge in [0, 0.05) is 17.3 Å². The van der Waals surface area contributed by atoms with Crippen molar-refractivity contribution in [1.29, 1.82) is 0 Å². The topological polar surface area (TPSA) is 20.3 Å².